The number of carbonyl (C=O) groups excluding carboxylic acids is 3. The molecule has 2 aromatic heterocycles. The highest BCUT2D eigenvalue weighted by atomic mass is 16.4. The molecule has 2 aromatic rings. The number of carbonyl (C=O) groups is 5. The van der Waals surface area contributed by atoms with Gasteiger partial charge in [-0.3, -0.25) is 24.2 Å². The number of hydrogen-bond donors (Lipinski definition) is 10. The van der Waals surface area contributed by atoms with Gasteiger partial charge < -0.3 is 53.3 Å². The number of nitrogens with zero attached hydrogens (tertiary/aromatic N) is 3. The first kappa shape index (κ1) is 32.2. The number of rotatable bonds is 18. The summed E-state index contributed by atoms with van der Waals surface area (Å²) in [7, 11) is 0. The molecule has 0 aliphatic carbocycles. The average molecular weight is 578 g/mol. The lowest BCUT2D eigenvalue weighted by atomic mass is 10.1. The number of aliphatic carboxylic acids is 2. The molecule has 0 aromatic carbocycles. The van der Waals surface area contributed by atoms with Gasteiger partial charge in [0.1, 0.15) is 18.1 Å². The number of aliphatic imine (C=N–C) groups is 1. The minimum atomic E-state index is -1.36. The van der Waals surface area contributed by atoms with Gasteiger partial charge in [-0.25, -0.2) is 14.8 Å². The Labute approximate surface area is 234 Å². The first-order valence-electron chi connectivity index (χ1n) is 12.6. The van der Waals surface area contributed by atoms with Crippen molar-refractivity contribution in [3.05, 3.63) is 36.4 Å². The van der Waals surface area contributed by atoms with Crippen molar-refractivity contribution >= 4 is 35.6 Å². The summed E-state index contributed by atoms with van der Waals surface area (Å²) < 4.78 is 0. The molecule has 0 saturated heterocycles. The summed E-state index contributed by atoms with van der Waals surface area (Å²) in [6.45, 7) is 0.111. The second-order valence-electron chi connectivity index (χ2n) is 9.07. The third kappa shape index (κ3) is 11.7. The molecule has 4 atom stereocenters. The van der Waals surface area contributed by atoms with Crippen LogP contribution in [0.1, 0.15) is 37.1 Å². The van der Waals surface area contributed by atoms with Gasteiger partial charge in [0.2, 0.25) is 17.7 Å². The molecule has 18 nitrogen and oxygen atoms in total. The molecule has 18 heteroatoms. The Morgan fingerprint density at radius 2 is 1.37 bits per heavy atom. The molecule has 0 spiro atoms. The summed E-state index contributed by atoms with van der Waals surface area (Å²) in [5.74, 6) is -5.14. The maximum atomic E-state index is 13.2. The summed E-state index contributed by atoms with van der Waals surface area (Å²) in [6, 6.07) is -5.08. The van der Waals surface area contributed by atoms with Crippen molar-refractivity contribution in [2.24, 2.45) is 22.2 Å². The van der Waals surface area contributed by atoms with Crippen LogP contribution in [0.4, 0.5) is 0 Å². The third-order valence-corrected chi connectivity index (χ3v) is 5.78. The van der Waals surface area contributed by atoms with Crippen LogP contribution in [0.3, 0.4) is 0 Å². The van der Waals surface area contributed by atoms with Gasteiger partial charge in [0, 0.05) is 49.6 Å². The molecule has 4 unspecified atom stereocenters. The molecule has 2 heterocycles. The lowest BCUT2D eigenvalue weighted by Gasteiger charge is -2.25. The van der Waals surface area contributed by atoms with E-state index in [1.807, 2.05) is 0 Å². The standard InChI is InChI=1S/C23H35N11O7/c24-14(6-12-8-27-10-30-12)19(37)32-16(3-4-18(35)36)21(39)33-15(2-1-5-29-23(25)26)20(38)34-17(22(40)41)7-13-9-28-11-31-13/h8-11,14-17H,1-7,24H2,(H,27,30)(H,28,31)(H,32,37)(H,33,39)(H,34,38)(H,35,36)(H,40,41)(H4,25,26,29). The number of aromatic amines is 2. The van der Waals surface area contributed by atoms with Crippen molar-refractivity contribution in [1.82, 2.24) is 35.9 Å². The quantitative estimate of drug-likeness (QED) is 0.0473. The molecule has 0 radical (unpaired) electrons. The van der Waals surface area contributed by atoms with Gasteiger partial charge in [-0.1, -0.05) is 0 Å². The third-order valence-electron chi connectivity index (χ3n) is 5.78. The molecule has 0 bridgehead atoms. The number of nitrogens with two attached hydrogens (primary N) is 3. The highest BCUT2D eigenvalue weighted by Crippen LogP contribution is 2.06. The largest absolute Gasteiger partial charge is 0.481 e. The molecule has 0 saturated carbocycles. The number of nitrogens with one attached hydrogen (secondary N) is 5. The van der Waals surface area contributed by atoms with Crippen molar-refractivity contribution in [1.29, 1.82) is 0 Å². The van der Waals surface area contributed by atoms with Crippen LogP contribution < -0.4 is 33.2 Å². The Morgan fingerprint density at radius 3 is 1.88 bits per heavy atom. The summed E-state index contributed by atoms with van der Waals surface area (Å²) in [5.41, 5.74) is 17.6. The van der Waals surface area contributed by atoms with Crippen LogP contribution in [-0.2, 0) is 36.8 Å². The van der Waals surface area contributed by atoms with E-state index in [9.17, 15) is 29.1 Å². The van der Waals surface area contributed by atoms with Crippen LogP contribution in [0, 0.1) is 0 Å². The zero-order chi connectivity index (χ0) is 30.4. The predicted octanol–water partition coefficient (Wildman–Crippen LogP) is -3.30. The molecule has 0 aliphatic rings. The monoisotopic (exact) mass is 577 g/mol. The zero-order valence-corrected chi connectivity index (χ0v) is 22.1. The molecule has 13 N–H and O–H groups in total. The van der Waals surface area contributed by atoms with E-state index in [0.717, 1.165) is 0 Å². The van der Waals surface area contributed by atoms with E-state index in [1.165, 1.54) is 25.0 Å². The SMILES string of the molecule is NC(N)=NCCCC(NC(=O)C(CCC(=O)O)NC(=O)C(N)Cc1cnc[nH]1)C(=O)NC(Cc1cnc[nH]1)C(=O)O. The maximum Gasteiger partial charge on any atom is 0.326 e. The number of guanidine groups is 1. The average Bonchev–Trinajstić information content (AvgIpc) is 3.61. The fourth-order valence-electron chi connectivity index (χ4n) is 3.67. The molecule has 224 valence electrons. The van der Waals surface area contributed by atoms with E-state index >= 15 is 0 Å². The summed E-state index contributed by atoms with van der Waals surface area (Å²) in [6.07, 6.45) is 5.04. The van der Waals surface area contributed by atoms with Gasteiger partial charge >= 0.3 is 11.9 Å². The highest BCUT2D eigenvalue weighted by Gasteiger charge is 2.31. The van der Waals surface area contributed by atoms with Gasteiger partial charge in [0.25, 0.3) is 0 Å². The van der Waals surface area contributed by atoms with E-state index in [0.29, 0.717) is 11.4 Å². The first-order valence-corrected chi connectivity index (χ1v) is 12.6. The van der Waals surface area contributed by atoms with E-state index in [2.05, 4.69) is 40.9 Å². The van der Waals surface area contributed by atoms with Gasteiger partial charge in [0.05, 0.1) is 18.7 Å². The van der Waals surface area contributed by atoms with Gasteiger partial charge in [-0.05, 0) is 19.3 Å². The maximum absolute atomic E-state index is 13.2. The van der Waals surface area contributed by atoms with Crippen molar-refractivity contribution in [3.8, 4) is 0 Å². The summed E-state index contributed by atoms with van der Waals surface area (Å²) in [5, 5.41) is 26.0. The van der Waals surface area contributed by atoms with Crippen molar-refractivity contribution in [2.75, 3.05) is 6.54 Å². The number of aromatic nitrogens is 4. The minimum Gasteiger partial charge on any atom is -0.481 e. The van der Waals surface area contributed by atoms with E-state index in [-0.39, 0.29) is 44.6 Å². The molecule has 41 heavy (non-hydrogen) atoms. The van der Waals surface area contributed by atoms with Crippen LogP contribution >= 0.6 is 0 Å². The molecular weight excluding hydrogens is 542 g/mol. The van der Waals surface area contributed by atoms with Gasteiger partial charge in [-0.2, -0.15) is 0 Å². The number of carboxylic acids is 2. The number of amides is 3. The van der Waals surface area contributed by atoms with E-state index in [4.69, 9.17) is 22.3 Å². The summed E-state index contributed by atoms with van der Waals surface area (Å²) in [4.78, 5) is 79.1. The zero-order valence-electron chi connectivity index (χ0n) is 22.1. The second kappa shape index (κ2) is 16.2. The lowest BCUT2D eigenvalue weighted by molar-refractivity contribution is -0.142. The number of carboxylic acid groups (broad SMARTS) is 2. The number of hydrogen-bond acceptors (Lipinski definition) is 9. The normalized spacial score (nSPS) is 13.7. The Kier molecular flexibility index (Phi) is 12.7. The molecule has 0 aliphatic heterocycles. The van der Waals surface area contributed by atoms with E-state index < -0.39 is 60.2 Å². The first-order chi connectivity index (χ1) is 19.5. The van der Waals surface area contributed by atoms with Crippen LogP contribution in [-0.4, -0.2) is 96.5 Å². The molecule has 3 amide bonds. The van der Waals surface area contributed by atoms with Crippen LogP contribution in [0.5, 0.6) is 0 Å². The topological polar surface area (TPSA) is 310 Å². The van der Waals surface area contributed by atoms with E-state index in [1.54, 1.807) is 0 Å². The van der Waals surface area contributed by atoms with Crippen LogP contribution in [0.25, 0.3) is 0 Å². The minimum absolute atomic E-state index is 0.0102. The fourth-order valence-corrected chi connectivity index (χ4v) is 3.67. The molecule has 2 rings (SSSR count). The molecule has 0 fully saturated rings. The highest BCUT2D eigenvalue weighted by molar-refractivity contribution is 5.94. The Hall–Kier alpha value is -5.00. The number of imidazole rings is 2. The summed E-state index contributed by atoms with van der Waals surface area (Å²) >= 11 is 0. The Bertz CT molecular complexity index is 1180. The van der Waals surface area contributed by atoms with Crippen LogP contribution in [0.15, 0.2) is 30.0 Å². The van der Waals surface area contributed by atoms with Gasteiger partial charge in [0.15, 0.2) is 5.96 Å². The van der Waals surface area contributed by atoms with Crippen molar-refractivity contribution < 1.29 is 34.2 Å². The smallest absolute Gasteiger partial charge is 0.326 e. The molecular formula is C23H35N11O7. The van der Waals surface area contributed by atoms with Crippen molar-refractivity contribution in [2.45, 2.75) is 62.7 Å². The Balaban J connectivity index is 2.16. The second-order valence-corrected chi connectivity index (χ2v) is 9.07. The van der Waals surface area contributed by atoms with Gasteiger partial charge in [-0.15, -0.1) is 0 Å². The van der Waals surface area contributed by atoms with Crippen LogP contribution in [0.2, 0.25) is 0 Å². The Morgan fingerprint density at radius 1 is 0.829 bits per heavy atom. The number of H-pyrrole nitrogens is 2. The predicted molar refractivity (Wildman–Crippen MR) is 143 cm³/mol. The fraction of sp³-hybridized carbons (Fsp3) is 0.478. The lowest BCUT2D eigenvalue weighted by Crippen LogP contribution is -2.57. The van der Waals surface area contributed by atoms with Crippen molar-refractivity contribution in [3.63, 3.8) is 0 Å².